The number of benzene rings is 1. The number of aromatic hydroxyl groups is 1. The van der Waals surface area contributed by atoms with Gasteiger partial charge in [0.05, 0.1) is 6.54 Å². The Bertz CT molecular complexity index is 465. The summed E-state index contributed by atoms with van der Waals surface area (Å²) in [7, 11) is 0. The molecule has 0 aliphatic heterocycles. The SMILES string of the molecule is O=C(NCC(F)F)N[C@H](Cc1ccc(O)cc1)C(=O)O. The predicted molar refractivity (Wildman–Crippen MR) is 65.8 cm³/mol. The van der Waals surface area contributed by atoms with Gasteiger partial charge in [-0.2, -0.15) is 0 Å². The quantitative estimate of drug-likeness (QED) is 0.626. The van der Waals surface area contributed by atoms with E-state index in [-0.39, 0.29) is 12.2 Å². The summed E-state index contributed by atoms with van der Waals surface area (Å²) in [5, 5.41) is 22.0. The molecule has 0 aliphatic carbocycles. The lowest BCUT2D eigenvalue weighted by atomic mass is 10.1. The minimum Gasteiger partial charge on any atom is -0.508 e. The molecule has 0 fully saturated rings. The fourth-order valence-corrected chi connectivity index (χ4v) is 1.45. The second kappa shape index (κ2) is 7.27. The molecule has 1 rings (SSSR count). The number of urea groups is 1. The van der Waals surface area contributed by atoms with Crippen molar-refractivity contribution in [1.29, 1.82) is 0 Å². The highest BCUT2D eigenvalue weighted by molar-refractivity contribution is 5.82. The second-order valence-corrected chi connectivity index (χ2v) is 4.01. The maximum atomic E-state index is 11.9. The molecule has 0 unspecified atom stereocenters. The first-order valence-corrected chi connectivity index (χ1v) is 5.71. The number of phenolic OH excluding ortho intramolecular Hbond substituents is 1. The highest BCUT2D eigenvalue weighted by Crippen LogP contribution is 2.11. The molecule has 0 aliphatic rings. The van der Waals surface area contributed by atoms with E-state index < -0.39 is 31.0 Å². The standard InChI is InChI=1S/C12H14F2N2O4/c13-10(14)6-15-12(20)16-9(11(18)19)5-7-1-3-8(17)4-2-7/h1-4,9-10,17H,5-6H2,(H,18,19)(H2,15,16,20)/t9-/m1/s1. The molecule has 1 aromatic carbocycles. The molecule has 8 heteroatoms. The van der Waals surface area contributed by atoms with Crippen molar-refractivity contribution < 1.29 is 28.6 Å². The number of amides is 2. The molecule has 6 nitrogen and oxygen atoms in total. The topological polar surface area (TPSA) is 98.7 Å². The highest BCUT2D eigenvalue weighted by Gasteiger charge is 2.20. The summed E-state index contributed by atoms with van der Waals surface area (Å²) >= 11 is 0. The highest BCUT2D eigenvalue weighted by atomic mass is 19.3. The summed E-state index contributed by atoms with van der Waals surface area (Å²) in [4.78, 5) is 22.3. The van der Waals surface area contributed by atoms with E-state index in [0.29, 0.717) is 5.56 Å². The summed E-state index contributed by atoms with van der Waals surface area (Å²) < 4.78 is 23.8. The molecular formula is C12H14F2N2O4. The van der Waals surface area contributed by atoms with Crippen LogP contribution in [0.2, 0.25) is 0 Å². The molecule has 0 radical (unpaired) electrons. The molecule has 110 valence electrons. The number of halogens is 2. The molecule has 20 heavy (non-hydrogen) atoms. The Kier molecular flexibility index (Phi) is 5.70. The number of carbonyl (C=O) groups excluding carboxylic acids is 1. The zero-order valence-electron chi connectivity index (χ0n) is 10.3. The summed E-state index contributed by atoms with van der Waals surface area (Å²) in [6, 6.07) is 3.54. The van der Waals surface area contributed by atoms with E-state index in [2.05, 4.69) is 5.32 Å². The van der Waals surface area contributed by atoms with Crippen molar-refractivity contribution in [2.75, 3.05) is 6.54 Å². The van der Waals surface area contributed by atoms with Crippen LogP contribution in [0.4, 0.5) is 13.6 Å². The Hall–Kier alpha value is -2.38. The molecule has 0 aromatic heterocycles. The summed E-state index contributed by atoms with van der Waals surface area (Å²) in [6.45, 7) is -0.850. The van der Waals surface area contributed by atoms with Gasteiger partial charge < -0.3 is 20.8 Å². The van der Waals surface area contributed by atoms with Crippen molar-refractivity contribution in [3.63, 3.8) is 0 Å². The van der Waals surface area contributed by atoms with Crippen molar-refractivity contribution in [1.82, 2.24) is 10.6 Å². The van der Waals surface area contributed by atoms with E-state index in [4.69, 9.17) is 10.2 Å². The lowest BCUT2D eigenvalue weighted by molar-refractivity contribution is -0.139. The van der Waals surface area contributed by atoms with E-state index in [1.165, 1.54) is 24.3 Å². The summed E-state index contributed by atoms with van der Waals surface area (Å²) in [5.74, 6) is -1.26. The van der Waals surface area contributed by atoms with E-state index in [1.807, 2.05) is 5.32 Å². The third-order valence-electron chi connectivity index (χ3n) is 2.40. The van der Waals surface area contributed by atoms with Gasteiger partial charge in [-0.1, -0.05) is 12.1 Å². The predicted octanol–water partition coefficient (Wildman–Crippen LogP) is 0.952. The van der Waals surface area contributed by atoms with Gasteiger partial charge in [0.15, 0.2) is 0 Å². The number of alkyl halides is 2. The van der Waals surface area contributed by atoms with Crippen molar-refractivity contribution in [3.8, 4) is 5.75 Å². The molecule has 0 saturated carbocycles. The summed E-state index contributed by atoms with van der Waals surface area (Å²) in [5.41, 5.74) is 0.573. The van der Waals surface area contributed by atoms with Crippen LogP contribution in [0.3, 0.4) is 0 Å². The van der Waals surface area contributed by atoms with E-state index in [1.54, 1.807) is 0 Å². The van der Waals surface area contributed by atoms with Crippen LogP contribution in [0.15, 0.2) is 24.3 Å². The maximum absolute atomic E-state index is 11.9. The Morgan fingerprint density at radius 3 is 2.30 bits per heavy atom. The minimum atomic E-state index is -2.71. The third-order valence-corrected chi connectivity index (χ3v) is 2.40. The zero-order chi connectivity index (χ0) is 15.1. The third kappa shape index (κ3) is 5.51. The number of aliphatic carboxylic acids is 1. The van der Waals surface area contributed by atoms with Crippen molar-refractivity contribution in [3.05, 3.63) is 29.8 Å². The van der Waals surface area contributed by atoms with Gasteiger partial charge in [0.25, 0.3) is 6.43 Å². The molecule has 2 amide bonds. The van der Waals surface area contributed by atoms with Crippen molar-refractivity contribution in [2.24, 2.45) is 0 Å². The molecular weight excluding hydrogens is 274 g/mol. The number of hydrogen-bond donors (Lipinski definition) is 4. The zero-order valence-corrected chi connectivity index (χ0v) is 10.3. The van der Waals surface area contributed by atoms with Gasteiger partial charge in [0, 0.05) is 6.42 Å². The number of carboxylic acids is 1. The molecule has 0 saturated heterocycles. The van der Waals surface area contributed by atoms with Gasteiger partial charge in [-0.05, 0) is 17.7 Å². The maximum Gasteiger partial charge on any atom is 0.326 e. The first-order valence-electron chi connectivity index (χ1n) is 5.71. The fraction of sp³-hybridized carbons (Fsp3) is 0.333. The van der Waals surface area contributed by atoms with Crippen LogP contribution < -0.4 is 10.6 Å². The number of carboxylic acid groups (broad SMARTS) is 1. The molecule has 0 spiro atoms. The first kappa shape index (κ1) is 15.7. The number of phenols is 1. The largest absolute Gasteiger partial charge is 0.508 e. The Balaban J connectivity index is 2.58. The molecule has 4 N–H and O–H groups in total. The Labute approximate surface area is 113 Å². The van der Waals surface area contributed by atoms with E-state index >= 15 is 0 Å². The van der Waals surface area contributed by atoms with E-state index in [0.717, 1.165) is 0 Å². The Morgan fingerprint density at radius 2 is 1.80 bits per heavy atom. The molecule has 0 bridgehead atoms. The van der Waals surface area contributed by atoms with Gasteiger partial charge in [-0.3, -0.25) is 0 Å². The lowest BCUT2D eigenvalue weighted by Crippen LogP contribution is -2.48. The molecule has 1 aromatic rings. The van der Waals surface area contributed by atoms with Crippen LogP contribution in [-0.2, 0) is 11.2 Å². The van der Waals surface area contributed by atoms with Crippen molar-refractivity contribution >= 4 is 12.0 Å². The molecule has 0 heterocycles. The van der Waals surface area contributed by atoms with Gasteiger partial charge in [-0.15, -0.1) is 0 Å². The van der Waals surface area contributed by atoms with Crippen molar-refractivity contribution in [2.45, 2.75) is 18.9 Å². The van der Waals surface area contributed by atoms with Crippen LogP contribution >= 0.6 is 0 Å². The Morgan fingerprint density at radius 1 is 1.20 bits per heavy atom. The number of carbonyl (C=O) groups is 2. The second-order valence-electron chi connectivity index (χ2n) is 4.01. The number of hydrogen-bond acceptors (Lipinski definition) is 3. The smallest absolute Gasteiger partial charge is 0.326 e. The van der Waals surface area contributed by atoms with Crippen LogP contribution in [0.5, 0.6) is 5.75 Å². The van der Waals surface area contributed by atoms with Crippen LogP contribution in [0.1, 0.15) is 5.56 Å². The number of nitrogens with one attached hydrogen (secondary N) is 2. The average Bonchev–Trinajstić information content (AvgIpc) is 2.38. The van der Waals surface area contributed by atoms with Crippen LogP contribution in [0.25, 0.3) is 0 Å². The van der Waals surface area contributed by atoms with Crippen LogP contribution in [0, 0.1) is 0 Å². The average molecular weight is 288 g/mol. The van der Waals surface area contributed by atoms with Gasteiger partial charge in [0.2, 0.25) is 0 Å². The monoisotopic (exact) mass is 288 g/mol. The normalized spacial score (nSPS) is 11.9. The van der Waals surface area contributed by atoms with Gasteiger partial charge in [0.1, 0.15) is 11.8 Å². The fourth-order valence-electron chi connectivity index (χ4n) is 1.45. The minimum absolute atomic E-state index is 0.0300. The molecule has 1 atom stereocenters. The van der Waals surface area contributed by atoms with Gasteiger partial charge >= 0.3 is 12.0 Å². The number of rotatable bonds is 6. The van der Waals surface area contributed by atoms with Gasteiger partial charge in [-0.25, -0.2) is 18.4 Å². The lowest BCUT2D eigenvalue weighted by Gasteiger charge is -2.15. The first-order chi connectivity index (χ1) is 9.38. The van der Waals surface area contributed by atoms with E-state index in [9.17, 15) is 18.4 Å². The summed E-state index contributed by atoms with van der Waals surface area (Å²) in [6.07, 6.45) is -2.74. The van der Waals surface area contributed by atoms with Crippen LogP contribution in [-0.4, -0.2) is 41.2 Å².